The molecule has 0 aromatic heterocycles. The van der Waals surface area contributed by atoms with Crippen LogP contribution in [0.15, 0.2) is 0 Å². The maximum Gasteiger partial charge on any atom is 0.409 e. The molecule has 2 fully saturated rings. The summed E-state index contributed by atoms with van der Waals surface area (Å²) in [5.74, 6) is 0. The van der Waals surface area contributed by atoms with Gasteiger partial charge in [-0.3, -0.25) is 0 Å². The summed E-state index contributed by atoms with van der Waals surface area (Å²) in [6.07, 6.45) is 4.62. The maximum atomic E-state index is 11.5. The first-order valence-corrected chi connectivity index (χ1v) is 5.79. The molecule has 1 spiro atoms. The summed E-state index contributed by atoms with van der Waals surface area (Å²) in [5, 5.41) is 3.38. The van der Waals surface area contributed by atoms with E-state index in [0.29, 0.717) is 5.41 Å². The Hall–Kier alpha value is -0.770. The predicted octanol–water partition coefficient (Wildman–Crippen LogP) is 1.22. The summed E-state index contributed by atoms with van der Waals surface area (Å²) in [7, 11) is 1.46. The predicted molar refractivity (Wildman–Crippen MR) is 57.7 cm³/mol. The van der Waals surface area contributed by atoms with Crippen molar-refractivity contribution < 1.29 is 9.53 Å². The summed E-state index contributed by atoms with van der Waals surface area (Å²) >= 11 is 0. The molecule has 2 heterocycles. The van der Waals surface area contributed by atoms with Gasteiger partial charge in [0.2, 0.25) is 0 Å². The van der Waals surface area contributed by atoms with E-state index in [1.165, 1.54) is 26.4 Å². The Balaban J connectivity index is 1.99. The van der Waals surface area contributed by atoms with Crippen molar-refractivity contribution in [2.24, 2.45) is 5.41 Å². The summed E-state index contributed by atoms with van der Waals surface area (Å²) in [4.78, 5) is 13.4. The van der Waals surface area contributed by atoms with Crippen LogP contribution in [-0.2, 0) is 4.74 Å². The molecule has 0 atom stereocenters. The maximum absolute atomic E-state index is 11.5. The molecule has 4 heteroatoms. The Morgan fingerprint density at radius 2 is 2.07 bits per heavy atom. The van der Waals surface area contributed by atoms with Gasteiger partial charge in [0.05, 0.1) is 7.11 Å². The van der Waals surface area contributed by atoms with Crippen LogP contribution in [0.4, 0.5) is 4.79 Å². The van der Waals surface area contributed by atoms with Crippen LogP contribution in [0.1, 0.15) is 25.7 Å². The zero-order chi connectivity index (χ0) is 10.7. The van der Waals surface area contributed by atoms with Crippen molar-refractivity contribution in [1.82, 2.24) is 10.2 Å². The zero-order valence-electron chi connectivity index (χ0n) is 9.42. The van der Waals surface area contributed by atoms with Gasteiger partial charge in [0, 0.05) is 13.1 Å². The number of ether oxygens (including phenoxy) is 1. The summed E-state index contributed by atoms with van der Waals surface area (Å²) < 4.78 is 4.80. The highest BCUT2D eigenvalue weighted by Crippen LogP contribution is 2.38. The first-order chi connectivity index (χ1) is 7.26. The van der Waals surface area contributed by atoms with E-state index in [1.807, 2.05) is 4.90 Å². The Labute approximate surface area is 91.0 Å². The van der Waals surface area contributed by atoms with E-state index in [0.717, 1.165) is 32.6 Å². The minimum atomic E-state index is -0.160. The van der Waals surface area contributed by atoms with E-state index < -0.39 is 0 Å². The second-order valence-electron chi connectivity index (χ2n) is 4.75. The number of nitrogens with one attached hydrogen (secondary N) is 1. The normalized spacial score (nSPS) is 25.3. The smallest absolute Gasteiger partial charge is 0.409 e. The molecular formula is C11H20N2O2. The third-order valence-electron chi connectivity index (χ3n) is 3.76. The van der Waals surface area contributed by atoms with Crippen LogP contribution >= 0.6 is 0 Å². The fourth-order valence-corrected chi connectivity index (χ4v) is 2.86. The standard InChI is InChI=1S/C11H20N2O2/c1-15-10(14)13-8-2-3-11(9-13)4-6-12-7-5-11/h12H,2-9H2,1H3. The quantitative estimate of drug-likeness (QED) is 0.656. The van der Waals surface area contributed by atoms with E-state index in [2.05, 4.69) is 5.32 Å². The lowest BCUT2D eigenvalue weighted by Crippen LogP contribution is -2.50. The minimum absolute atomic E-state index is 0.160. The molecule has 0 aromatic rings. The number of carbonyl (C=O) groups is 1. The van der Waals surface area contributed by atoms with Crippen LogP contribution in [-0.4, -0.2) is 44.3 Å². The van der Waals surface area contributed by atoms with Gasteiger partial charge in [-0.25, -0.2) is 4.79 Å². The topological polar surface area (TPSA) is 41.6 Å². The van der Waals surface area contributed by atoms with Crippen LogP contribution in [0.25, 0.3) is 0 Å². The third kappa shape index (κ3) is 2.25. The molecule has 2 saturated heterocycles. The number of carbonyl (C=O) groups excluding carboxylic acids is 1. The number of nitrogens with zero attached hydrogens (tertiary/aromatic N) is 1. The molecule has 2 aliphatic rings. The Kier molecular flexibility index (Phi) is 3.14. The van der Waals surface area contributed by atoms with Crippen LogP contribution in [0, 0.1) is 5.41 Å². The molecule has 0 aromatic carbocycles. The van der Waals surface area contributed by atoms with Crippen molar-refractivity contribution in [1.29, 1.82) is 0 Å². The molecule has 0 bridgehead atoms. The largest absolute Gasteiger partial charge is 0.453 e. The van der Waals surface area contributed by atoms with Crippen molar-refractivity contribution in [2.75, 3.05) is 33.3 Å². The van der Waals surface area contributed by atoms with E-state index >= 15 is 0 Å². The Bertz CT molecular complexity index is 231. The number of hydrogen-bond donors (Lipinski definition) is 1. The van der Waals surface area contributed by atoms with Gasteiger partial charge in [-0.1, -0.05) is 0 Å². The van der Waals surface area contributed by atoms with Gasteiger partial charge in [0.25, 0.3) is 0 Å². The van der Waals surface area contributed by atoms with E-state index in [1.54, 1.807) is 0 Å². The molecule has 2 rings (SSSR count). The summed E-state index contributed by atoms with van der Waals surface area (Å²) in [6, 6.07) is 0. The summed E-state index contributed by atoms with van der Waals surface area (Å²) in [6.45, 7) is 3.94. The molecule has 1 N–H and O–H groups in total. The van der Waals surface area contributed by atoms with Gasteiger partial charge in [-0.05, 0) is 44.2 Å². The molecule has 0 radical (unpaired) electrons. The number of rotatable bonds is 0. The first kappa shape index (κ1) is 10.7. The molecule has 4 nitrogen and oxygen atoms in total. The Morgan fingerprint density at radius 3 is 2.73 bits per heavy atom. The van der Waals surface area contributed by atoms with Crippen LogP contribution in [0.2, 0.25) is 0 Å². The van der Waals surface area contributed by atoms with Crippen LogP contribution < -0.4 is 5.32 Å². The number of amides is 1. The number of hydrogen-bond acceptors (Lipinski definition) is 3. The molecule has 0 saturated carbocycles. The van der Waals surface area contributed by atoms with Crippen molar-refractivity contribution >= 4 is 6.09 Å². The lowest BCUT2D eigenvalue weighted by Gasteiger charge is -2.44. The molecule has 0 unspecified atom stereocenters. The fourth-order valence-electron chi connectivity index (χ4n) is 2.86. The monoisotopic (exact) mass is 212 g/mol. The van der Waals surface area contributed by atoms with Crippen LogP contribution in [0.5, 0.6) is 0 Å². The molecule has 86 valence electrons. The van der Waals surface area contributed by atoms with Gasteiger partial charge >= 0.3 is 6.09 Å². The van der Waals surface area contributed by atoms with Crippen molar-refractivity contribution in [3.05, 3.63) is 0 Å². The highest BCUT2D eigenvalue weighted by atomic mass is 16.5. The number of piperidine rings is 2. The zero-order valence-corrected chi connectivity index (χ0v) is 9.42. The van der Waals surface area contributed by atoms with Gasteiger partial charge in [-0.15, -0.1) is 0 Å². The van der Waals surface area contributed by atoms with E-state index in [9.17, 15) is 4.79 Å². The van der Waals surface area contributed by atoms with Crippen molar-refractivity contribution in [3.63, 3.8) is 0 Å². The van der Waals surface area contributed by atoms with Gasteiger partial charge in [0.1, 0.15) is 0 Å². The average Bonchev–Trinajstić information content (AvgIpc) is 2.29. The number of likely N-dealkylation sites (tertiary alicyclic amines) is 1. The number of methoxy groups -OCH3 is 1. The molecule has 1 amide bonds. The fraction of sp³-hybridized carbons (Fsp3) is 0.909. The van der Waals surface area contributed by atoms with Gasteiger partial charge < -0.3 is 15.0 Å². The Morgan fingerprint density at radius 1 is 1.33 bits per heavy atom. The SMILES string of the molecule is COC(=O)N1CCCC2(CCNCC2)C1. The lowest BCUT2D eigenvalue weighted by molar-refractivity contribution is 0.0491. The van der Waals surface area contributed by atoms with Crippen LogP contribution in [0.3, 0.4) is 0 Å². The van der Waals surface area contributed by atoms with Crippen molar-refractivity contribution in [2.45, 2.75) is 25.7 Å². The third-order valence-corrected chi connectivity index (χ3v) is 3.76. The lowest BCUT2D eigenvalue weighted by atomic mass is 9.73. The first-order valence-electron chi connectivity index (χ1n) is 5.79. The molecule has 15 heavy (non-hydrogen) atoms. The van der Waals surface area contributed by atoms with Gasteiger partial charge in [0.15, 0.2) is 0 Å². The van der Waals surface area contributed by atoms with E-state index in [-0.39, 0.29) is 6.09 Å². The van der Waals surface area contributed by atoms with E-state index in [4.69, 9.17) is 4.74 Å². The second-order valence-corrected chi connectivity index (χ2v) is 4.75. The second kappa shape index (κ2) is 4.39. The molecule has 2 aliphatic heterocycles. The average molecular weight is 212 g/mol. The van der Waals surface area contributed by atoms with Crippen molar-refractivity contribution in [3.8, 4) is 0 Å². The molecular weight excluding hydrogens is 192 g/mol. The van der Waals surface area contributed by atoms with Gasteiger partial charge in [-0.2, -0.15) is 0 Å². The minimum Gasteiger partial charge on any atom is -0.453 e. The highest BCUT2D eigenvalue weighted by molar-refractivity contribution is 5.67. The highest BCUT2D eigenvalue weighted by Gasteiger charge is 2.38. The summed E-state index contributed by atoms with van der Waals surface area (Å²) in [5.41, 5.74) is 0.373. The molecule has 0 aliphatic carbocycles.